The number of esters is 2. The van der Waals surface area contributed by atoms with Crippen molar-refractivity contribution >= 4 is 22.7 Å². The predicted molar refractivity (Wildman–Crippen MR) is 102 cm³/mol. The third-order valence-electron chi connectivity index (χ3n) is 4.44. The highest BCUT2D eigenvalue weighted by atomic mass is 16.5. The van der Waals surface area contributed by atoms with Crippen LogP contribution in [0.4, 0.5) is 0 Å². The lowest BCUT2D eigenvalue weighted by Crippen LogP contribution is -1.98. The van der Waals surface area contributed by atoms with Gasteiger partial charge in [0.15, 0.2) is 0 Å². The van der Waals surface area contributed by atoms with Gasteiger partial charge in [0.05, 0.1) is 14.2 Å². The Labute approximate surface area is 160 Å². The van der Waals surface area contributed by atoms with Crippen molar-refractivity contribution in [2.24, 2.45) is 0 Å². The van der Waals surface area contributed by atoms with Gasteiger partial charge < -0.3 is 18.3 Å². The third-order valence-corrected chi connectivity index (χ3v) is 4.44. The number of fused-ring (bicyclic) bond motifs is 1. The van der Waals surface area contributed by atoms with Crippen molar-refractivity contribution in [2.45, 2.75) is 0 Å². The van der Waals surface area contributed by atoms with E-state index in [1.807, 2.05) is 36.4 Å². The molecule has 4 rings (SSSR count). The van der Waals surface area contributed by atoms with Gasteiger partial charge in [-0.2, -0.15) is 0 Å². The second-order valence-corrected chi connectivity index (χ2v) is 6.02. The zero-order valence-electron chi connectivity index (χ0n) is 15.2. The molecule has 28 heavy (non-hydrogen) atoms. The molecule has 6 nitrogen and oxygen atoms in total. The van der Waals surface area contributed by atoms with Crippen LogP contribution in [-0.2, 0) is 9.47 Å². The number of furan rings is 2. The van der Waals surface area contributed by atoms with Crippen molar-refractivity contribution in [2.75, 3.05) is 14.2 Å². The van der Waals surface area contributed by atoms with Crippen LogP contribution in [0.1, 0.15) is 21.1 Å². The van der Waals surface area contributed by atoms with Gasteiger partial charge >= 0.3 is 11.9 Å². The van der Waals surface area contributed by atoms with E-state index in [1.54, 1.807) is 24.3 Å². The van der Waals surface area contributed by atoms with E-state index < -0.39 is 11.9 Å². The summed E-state index contributed by atoms with van der Waals surface area (Å²) in [7, 11) is 2.61. The third kappa shape index (κ3) is 2.95. The molecule has 0 fully saturated rings. The minimum atomic E-state index is -0.530. The van der Waals surface area contributed by atoms with E-state index in [1.165, 1.54) is 14.2 Å². The average Bonchev–Trinajstić information content (AvgIpc) is 3.42. The first kappa shape index (κ1) is 17.6. The highest BCUT2D eigenvalue weighted by molar-refractivity contribution is 6.04. The van der Waals surface area contributed by atoms with Crippen molar-refractivity contribution in [3.05, 3.63) is 72.2 Å². The van der Waals surface area contributed by atoms with Gasteiger partial charge in [0.25, 0.3) is 0 Å². The zero-order chi connectivity index (χ0) is 19.7. The summed E-state index contributed by atoms with van der Waals surface area (Å²) in [6, 6.07) is 18.2. The molecule has 0 saturated carbocycles. The van der Waals surface area contributed by atoms with Crippen LogP contribution in [-0.4, -0.2) is 26.2 Å². The molecule has 0 atom stereocenters. The molecule has 0 saturated heterocycles. The first-order valence-corrected chi connectivity index (χ1v) is 8.51. The molecule has 0 amide bonds. The number of ether oxygens (including phenoxy) is 2. The fraction of sp³-hybridized carbons (Fsp3) is 0.0909. The summed E-state index contributed by atoms with van der Waals surface area (Å²) in [6.45, 7) is 0. The SMILES string of the molecule is COC(=O)c1ccc(-c2ccc(-c3ccc(C(=O)OC)o3)c3ccccc23)o1. The van der Waals surface area contributed by atoms with Crippen LogP contribution in [0.5, 0.6) is 0 Å². The second-order valence-electron chi connectivity index (χ2n) is 6.02. The standard InChI is InChI=1S/C22H16O6/c1-25-21(23)19-11-9-17(27-19)15-7-8-16(14-6-4-3-5-13(14)15)18-10-12-20(28-18)22(24)26-2/h3-12H,1-2H3. The summed E-state index contributed by atoms with van der Waals surface area (Å²) in [5.74, 6) is 0.325. The predicted octanol–water partition coefficient (Wildman–Crippen LogP) is 4.93. The van der Waals surface area contributed by atoms with Gasteiger partial charge in [-0.05, 0) is 47.2 Å². The Kier molecular flexibility index (Phi) is 4.45. The Bertz CT molecular complexity index is 1090. The topological polar surface area (TPSA) is 78.9 Å². The molecule has 0 unspecified atom stereocenters. The first-order chi connectivity index (χ1) is 13.6. The van der Waals surface area contributed by atoms with E-state index in [2.05, 4.69) is 0 Å². The highest BCUT2D eigenvalue weighted by Crippen LogP contribution is 2.37. The molecule has 2 aromatic heterocycles. The maximum atomic E-state index is 11.7. The summed E-state index contributed by atoms with van der Waals surface area (Å²) in [5, 5.41) is 1.84. The van der Waals surface area contributed by atoms with E-state index in [0.717, 1.165) is 21.9 Å². The quantitative estimate of drug-likeness (QED) is 0.470. The van der Waals surface area contributed by atoms with Gasteiger partial charge in [0.2, 0.25) is 11.5 Å². The normalized spacial score (nSPS) is 10.8. The summed E-state index contributed by atoms with van der Waals surface area (Å²) < 4.78 is 20.7. The molecule has 0 aliphatic rings. The number of carbonyl (C=O) groups excluding carboxylic acids is 2. The molecule has 6 heteroatoms. The zero-order valence-corrected chi connectivity index (χ0v) is 15.2. The second kappa shape index (κ2) is 7.08. The monoisotopic (exact) mass is 376 g/mol. The largest absolute Gasteiger partial charge is 0.463 e. The van der Waals surface area contributed by atoms with E-state index in [9.17, 15) is 9.59 Å². The number of hydrogen-bond donors (Lipinski definition) is 0. The molecule has 4 aromatic rings. The van der Waals surface area contributed by atoms with E-state index in [-0.39, 0.29) is 11.5 Å². The minimum absolute atomic E-state index is 0.138. The van der Waals surface area contributed by atoms with Crippen LogP contribution in [0.25, 0.3) is 33.4 Å². The number of rotatable bonds is 4. The number of hydrogen-bond acceptors (Lipinski definition) is 6. The molecular formula is C22H16O6. The molecule has 0 aliphatic heterocycles. The lowest BCUT2D eigenvalue weighted by molar-refractivity contribution is 0.0558. The Morgan fingerprint density at radius 1 is 0.643 bits per heavy atom. The van der Waals surface area contributed by atoms with Crippen molar-refractivity contribution in [1.82, 2.24) is 0 Å². The Balaban J connectivity index is 1.83. The van der Waals surface area contributed by atoms with E-state index >= 15 is 0 Å². The van der Waals surface area contributed by atoms with E-state index in [0.29, 0.717) is 11.5 Å². The van der Waals surface area contributed by atoms with Gasteiger partial charge in [0, 0.05) is 11.1 Å². The Morgan fingerprint density at radius 3 is 1.46 bits per heavy atom. The minimum Gasteiger partial charge on any atom is -0.463 e. The molecular weight excluding hydrogens is 360 g/mol. The number of methoxy groups -OCH3 is 2. The van der Waals surface area contributed by atoms with Crippen molar-refractivity contribution in [1.29, 1.82) is 0 Å². The average molecular weight is 376 g/mol. The van der Waals surface area contributed by atoms with Gasteiger partial charge in [-0.1, -0.05) is 24.3 Å². The van der Waals surface area contributed by atoms with Crippen LogP contribution >= 0.6 is 0 Å². The van der Waals surface area contributed by atoms with Gasteiger partial charge in [-0.3, -0.25) is 0 Å². The summed E-state index contributed by atoms with van der Waals surface area (Å²) in [5.41, 5.74) is 1.66. The van der Waals surface area contributed by atoms with Crippen LogP contribution < -0.4 is 0 Å². The maximum Gasteiger partial charge on any atom is 0.373 e. The summed E-state index contributed by atoms with van der Waals surface area (Å²) in [6.07, 6.45) is 0. The van der Waals surface area contributed by atoms with Crippen LogP contribution in [0.3, 0.4) is 0 Å². The van der Waals surface area contributed by atoms with Crippen molar-refractivity contribution in [3.8, 4) is 22.6 Å². The molecule has 2 aromatic carbocycles. The van der Waals surface area contributed by atoms with Crippen molar-refractivity contribution in [3.63, 3.8) is 0 Å². The molecule has 140 valence electrons. The molecule has 2 heterocycles. The fourth-order valence-corrected chi connectivity index (χ4v) is 3.11. The Morgan fingerprint density at radius 2 is 1.07 bits per heavy atom. The first-order valence-electron chi connectivity index (χ1n) is 8.51. The van der Waals surface area contributed by atoms with Gasteiger partial charge in [-0.15, -0.1) is 0 Å². The van der Waals surface area contributed by atoms with Crippen LogP contribution in [0.15, 0.2) is 69.5 Å². The van der Waals surface area contributed by atoms with E-state index in [4.69, 9.17) is 18.3 Å². The number of benzene rings is 2. The molecule has 0 spiro atoms. The number of carbonyl (C=O) groups is 2. The smallest absolute Gasteiger partial charge is 0.373 e. The van der Waals surface area contributed by atoms with Crippen LogP contribution in [0, 0.1) is 0 Å². The summed E-state index contributed by atoms with van der Waals surface area (Å²) in [4.78, 5) is 23.4. The van der Waals surface area contributed by atoms with Crippen LogP contribution in [0.2, 0.25) is 0 Å². The summed E-state index contributed by atoms with van der Waals surface area (Å²) >= 11 is 0. The molecule has 0 aliphatic carbocycles. The highest BCUT2D eigenvalue weighted by Gasteiger charge is 2.18. The lowest BCUT2D eigenvalue weighted by Gasteiger charge is -2.08. The van der Waals surface area contributed by atoms with Gasteiger partial charge in [-0.25, -0.2) is 9.59 Å². The molecule has 0 bridgehead atoms. The van der Waals surface area contributed by atoms with Crippen molar-refractivity contribution < 1.29 is 27.9 Å². The lowest BCUT2D eigenvalue weighted by atomic mass is 9.97. The molecule has 0 N–H and O–H groups in total. The van der Waals surface area contributed by atoms with Gasteiger partial charge in [0.1, 0.15) is 11.5 Å². The Hall–Kier alpha value is -3.80. The molecule has 0 radical (unpaired) electrons. The fourth-order valence-electron chi connectivity index (χ4n) is 3.11. The maximum absolute atomic E-state index is 11.7.